The van der Waals surface area contributed by atoms with Gasteiger partial charge in [-0.2, -0.15) is 0 Å². The first kappa shape index (κ1) is 24.0. The van der Waals surface area contributed by atoms with Crippen molar-refractivity contribution in [3.05, 3.63) is 35.9 Å². The third-order valence-corrected chi connectivity index (χ3v) is 4.70. The largest absolute Gasteiger partial charge is 0.480 e. The van der Waals surface area contributed by atoms with Gasteiger partial charge in [0.05, 0.1) is 0 Å². The third kappa shape index (κ3) is 7.16. The maximum Gasteiger partial charge on any atom is 0.411 e. The second-order valence-electron chi connectivity index (χ2n) is 8.31. The molecular formula is C21H28N2O8. The van der Waals surface area contributed by atoms with Crippen LogP contribution in [0.1, 0.15) is 45.6 Å². The Morgan fingerprint density at radius 1 is 1.13 bits per heavy atom. The average molecular weight is 436 g/mol. The van der Waals surface area contributed by atoms with Crippen molar-refractivity contribution in [2.75, 3.05) is 0 Å². The number of hydrogen-bond donors (Lipinski definition) is 3. The van der Waals surface area contributed by atoms with Gasteiger partial charge in [-0.05, 0) is 45.6 Å². The van der Waals surface area contributed by atoms with Crippen LogP contribution in [0, 0.1) is 0 Å². The molecule has 2 rings (SSSR count). The summed E-state index contributed by atoms with van der Waals surface area (Å²) in [6.45, 7) is 4.91. The zero-order valence-electron chi connectivity index (χ0n) is 17.7. The first-order chi connectivity index (χ1) is 14.5. The van der Waals surface area contributed by atoms with Crippen LogP contribution in [0.5, 0.6) is 0 Å². The number of hydrogen-bond acceptors (Lipinski definition) is 6. The molecule has 3 atom stereocenters. The fourth-order valence-corrected chi connectivity index (χ4v) is 3.35. The van der Waals surface area contributed by atoms with Crippen LogP contribution in [0.4, 0.5) is 9.59 Å². The highest BCUT2D eigenvalue weighted by Gasteiger charge is 2.44. The summed E-state index contributed by atoms with van der Waals surface area (Å²) in [5, 5.41) is 21.3. The van der Waals surface area contributed by atoms with Crippen molar-refractivity contribution in [2.45, 2.75) is 70.4 Å². The molecule has 1 saturated heterocycles. The van der Waals surface area contributed by atoms with E-state index < -0.39 is 47.9 Å². The fourth-order valence-electron chi connectivity index (χ4n) is 3.35. The number of benzene rings is 1. The van der Waals surface area contributed by atoms with E-state index in [1.54, 1.807) is 45.0 Å². The minimum Gasteiger partial charge on any atom is -0.480 e. The number of likely N-dealkylation sites (tertiary alicyclic amines) is 1. The van der Waals surface area contributed by atoms with Crippen molar-refractivity contribution in [2.24, 2.45) is 0 Å². The monoisotopic (exact) mass is 436 g/mol. The van der Waals surface area contributed by atoms with Crippen LogP contribution in [0.15, 0.2) is 30.3 Å². The molecular weight excluding hydrogens is 408 g/mol. The number of carboxylic acids is 2. The number of carboxylic acid groups (broad SMARTS) is 2. The molecule has 1 aliphatic heterocycles. The molecule has 0 bridgehead atoms. The normalized spacial score (nSPS) is 19.4. The molecule has 10 heteroatoms. The molecule has 170 valence electrons. The highest BCUT2D eigenvalue weighted by molar-refractivity contribution is 5.82. The second-order valence-corrected chi connectivity index (χ2v) is 8.31. The Bertz CT molecular complexity index is 805. The molecule has 0 spiro atoms. The lowest BCUT2D eigenvalue weighted by Gasteiger charge is -2.32. The standard InChI is InChI=1S/C21H28N2O8/c1-21(2,3)31-20(29)23-14(9-10-16(23)18(26)27)11-15(17(24)25)22-19(28)30-12-13-7-5-4-6-8-13/h4-8,14-16H,9-12H2,1-3H3,(H,22,28)(H,24,25)(H,26,27)/t14-,15?,16-/m0/s1. The maximum absolute atomic E-state index is 12.6. The van der Waals surface area contributed by atoms with Gasteiger partial charge in [0.1, 0.15) is 24.3 Å². The van der Waals surface area contributed by atoms with Gasteiger partial charge in [0.15, 0.2) is 0 Å². The Labute approximate surface area is 180 Å². The Morgan fingerprint density at radius 3 is 2.32 bits per heavy atom. The van der Waals surface area contributed by atoms with Gasteiger partial charge >= 0.3 is 24.1 Å². The topological polar surface area (TPSA) is 142 Å². The number of nitrogens with zero attached hydrogens (tertiary/aromatic N) is 1. The lowest BCUT2D eigenvalue weighted by molar-refractivity contribution is -0.142. The number of ether oxygens (including phenoxy) is 2. The minimum absolute atomic E-state index is 0.0342. The lowest BCUT2D eigenvalue weighted by atomic mass is 10.1. The van der Waals surface area contributed by atoms with Crippen molar-refractivity contribution in [3.8, 4) is 0 Å². The molecule has 1 heterocycles. The van der Waals surface area contributed by atoms with Crippen LogP contribution in [0.25, 0.3) is 0 Å². The molecule has 1 aromatic rings. The molecule has 10 nitrogen and oxygen atoms in total. The second kappa shape index (κ2) is 10.1. The summed E-state index contributed by atoms with van der Waals surface area (Å²) in [7, 11) is 0. The molecule has 0 saturated carbocycles. The summed E-state index contributed by atoms with van der Waals surface area (Å²) in [4.78, 5) is 49.0. The van der Waals surface area contributed by atoms with E-state index >= 15 is 0 Å². The van der Waals surface area contributed by atoms with E-state index in [0.29, 0.717) is 0 Å². The summed E-state index contributed by atoms with van der Waals surface area (Å²) in [6.07, 6.45) is -1.52. The van der Waals surface area contributed by atoms with Crippen molar-refractivity contribution in [3.63, 3.8) is 0 Å². The zero-order valence-corrected chi connectivity index (χ0v) is 17.7. The predicted octanol–water partition coefficient (Wildman–Crippen LogP) is 2.61. The van der Waals surface area contributed by atoms with E-state index in [-0.39, 0.29) is 25.9 Å². The van der Waals surface area contributed by atoms with Gasteiger partial charge in [-0.1, -0.05) is 30.3 Å². The molecule has 1 aliphatic rings. The van der Waals surface area contributed by atoms with Crippen molar-refractivity contribution in [1.82, 2.24) is 10.2 Å². The number of alkyl carbamates (subject to hydrolysis) is 1. The lowest BCUT2D eigenvalue weighted by Crippen LogP contribution is -2.50. The third-order valence-electron chi connectivity index (χ3n) is 4.70. The van der Waals surface area contributed by atoms with E-state index in [4.69, 9.17) is 9.47 Å². The number of carbonyl (C=O) groups excluding carboxylic acids is 2. The molecule has 0 radical (unpaired) electrons. The summed E-state index contributed by atoms with van der Waals surface area (Å²) in [5.74, 6) is -2.52. The van der Waals surface area contributed by atoms with Gasteiger partial charge in [0, 0.05) is 6.04 Å². The molecule has 0 aromatic heterocycles. The molecule has 0 aliphatic carbocycles. The van der Waals surface area contributed by atoms with Crippen molar-refractivity contribution >= 4 is 24.1 Å². The molecule has 1 unspecified atom stereocenters. The number of aliphatic carboxylic acids is 2. The Balaban J connectivity index is 2.05. The van der Waals surface area contributed by atoms with Gasteiger partial charge in [-0.3, -0.25) is 4.90 Å². The van der Waals surface area contributed by atoms with Crippen LogP contribution in [0.2, 0.25) is 0 Å². The van der Waals surface area contributed by atoms with Crippen LogP contribution >= 0.6 is 0 Å². The summed E-state index contributed by atoms with van der Waals surface area (Å²) < 4.78 is 10.4. The summed E-state index contributed by atoms with van der Waals surface area (Å²) >= 11 is 0. The molecule has 31 heavy (non-hydrogen) atoms. The average Bonchev–Trinajstić information content (AvgIpc) is 3.09. The molecule has 3 N–H and O–H groups in total. The van der Waals surface area contributed by atoms with Crippen LogP contribution in [-0.4, -0.2) is 63.0 Å². The first-order valence-electron chi connectivity index (χ1n) is 9.92. The van der Waals surface area contributed by atoms with Gasteiger partial charge < -0.3 is 25.0 Å². The van der Waals surface area contributed by atoms with E-state index in [0.717, 1.165) is 10.5 Å². The summed E-state index contributed by atoms with van der Waals surface area (Å²) in [5.41, 5.74) is -0.111. The van der Waals surface area contributed by atoms with Gasteiger partial charge in [-0.15, -0.1) is 0 Å². The van der Waals surface area contributed by atoms with Gasteiger partial charge in [0.25, 0.3) is 0 Å². The summed E-state index contributed by atoms with van der Waals surface area (Å²) in [6, 6.07) is 5.65. The molecule has 2 amide bonds. The SMILES string of the molecule is CC(C)(C)OC(=O)N1[C@H](CC(NC(=O)OCc2ccccc2)C(=O)O)CC[C@H]1C(=O)O. The van der Waals surface area contributed by atoms with Crippen molar-refractivity contribution in [1.29, 1.82) is 0 Å². The quantitative estimate of drug-likeness (QED) is 0.592. The van der Waals surface area contributed by atoms with Crippen molar-refractivity contribution < 1.29 is 38.9 Å². The minimum atomic E-state index is -1.37. The zero-order chi connectivity index (χ0) is 23.2. The van der Waals surface area contributed by atoms with E-state index in [1.165, 1.54) is 0 Å². The highest BCUT2D eigenvalue weighted by Crippen LogP contribution is 2.29. The first-order valence-corrected chi connectivity index (χ1v) is 9.92. The van der Waals surface area contributed by atoms with Gasteiger partial charge in [0.2, 0.25) is 0 Å². The van der Waals surface area contributed by atoms with Gasteiger partial charge in [-0.25, -0.2) is 19.2 Å². The van der Waals surface area contributed by atoms with Crippen LogP contribution in [-0.2, 0) is 25.7 Å². The fraction of sp³-hybridized carbons (Fsp3) is 0.524. The molecule has 1 aromatic carbocycles. The number of rotatable bonds is 7. The highest BCUT2D eigenvalue weighted by atomic mass is 16.6. The molecule has 1 fully saturated rings. The predicted molar refractivity (Wildman–Crippen MR) is 108 cm³/mol. The Hall–Kier alpha value is -3.30. The number of amides is 2. The Morgan fingerprint density at radius 2 is 1.77 bits per heavy atom. The maximum atomic E-state index is 12.6. The smallest absolute Gasteiger partial charge is 0.411 e. The van der Waals surface area contributed by atoms with Crippen LogP contribution in [0.3, 0.4) is 0 Å². The number of nitrogens with one attached hydrogen (secondary N) is 1. The number of carbonyl (C=O) groups is 4. The van der Waals surface area contributed by atoms with E-state index in [1.807, 2.05) is 6.07 Å². The van der Waals surface area contributed by atoms with E-state index in [9.17, 15) is 29.4 Å². The Kier molecular flexibility index (Phi) is 7.84. The van der Waals surface area contributed by atoms with E-state index in [2.05, 4.69) is 5.32 Å². The van der Waals surface area contributed by atoms with Crippen LogP contribution < -0.4 is 5.32 Å².